The van der Waals surface area contributed by atoms with Crippen LogP contribution in [0.1, 0.15) is 11.1 Å². The molecule has 28 heavy (non-hydrogen) atoms. The van der Waals surface area contributed by atoms with E-state index in [4.69, 9.17) is 30.3 Å². The molecule has 0 saturated heterocycles. The van der Waals surface area contributed by atoms with E-state index >= 15 is 0 Å². The van der Waals surface area contributed by atoms with Crippen LogP contribution in [0.5, 0.6) is 0 Å². The van der Waals surface area contributed by atoms with Crippen LogP contribution in [0.4, 0.5) is 11.4 Å². The van der Waals surface area contributed by atoms with E-state index in [0.717, 1.165) is 33.3 Å². The van der Waals surface area contributed by atoms with Crippen molar-refractivity contribution in [2.45, 2.75) is 13.8 Å². The standard InChI is InChI=1S/C22H18N4O2/c1-11-17-20(28-21(25-17)13-3-7-15(23)8-4-13)12(2)18-19(11)27-22(26-18)14-5-9-16(24)10-6-14/h3-10H,23-24H2,1-2H3. The zero-order valence-corrected chi connectivity index (χ0v) is 15.5. The molecule has 6 heteroatoms. The Morgan fingerprint density at radius 2 is 0.964 bits per heavy atom. The van der Waals surface area contributed by atoms with Crippen molar-refractivity contribution in [3.63, 3.8) is 0 Å². The van der Waals surface area contributed by atoms with Gasteiger partial charge in [-0.1, -0.05) is 0 Å². The van der Waals surface area contributed by atoms with Gasteiger partial charge in [-0.05, 0) is 62.4 Å². The van der Waals surface area contributed by atoms with Gasteiger partial charge in [-0.15, -0.1) is 0 Å². The van der Waals surface area contributed by atoms with Crippen LogP contribution >= 0.6 is 0 Å². The normalized spacial score (nSPS) is 11.5. The van der Waals surface area contributed by atoms with E-state index in [-0.39, 0.29) is 0 Å². The van der Waals surface area contributed by atoms with Crippen LogP contribution in [0.25, 0.3) is 45.1 Å². The molecule has 0 aliphatic rings. The Bertz CT molecular complexity index is 1170. The van der Waals surface area contributed by atoms with Crippen LogP contribution in [0.15, 0.2) is 57.4 Å². The third-order valence-corrected chi connectivity index (χ3v) is 4.96. The molecule has 3 aromatic carbocycles. The number of fused-ring (bicyclic) bond motifs is 2. The van der Waals surface area contributed by atoms with Gasteiger partial charge in [-0.3, -0.25) is 0 Å². The molecule has 6 nitrogen and oxygen atoms in total. The lowest BCUT2D eigenvalue weighted by Crippen LogP contribution is -1.85. The molecule has 0 unspecified atom stereocenters. The molecule has 138 valence electrons. The number of hydrogen-bond donors (Lipinski definition) is 2. The minimum atomic E-state index is 0.549. The van der Waals surface area contributed by atoms with Gasteiger partial charge in [0.25, 0.3) is 0 Å². The first-order chi connectivity index (χ1) is 13.5. The number of hydrogen-bond acceptors (Lipinski definition) is 6. The molecule has 0 aliphatic heterocycles. The summed E-state index contributed by atoms with van der Waals surface area (Å²) in [7, 11) is 0. The Kier molecular flexibility index (Phi) is 3.42. The van der Waals surface area contributed by atoms with Crippen LogP contribution in [0.3, 0.4) is 0 Å². The van der Waals surface area contributed by atoms with Crippen molar-refractivity contribution in [2.24, 2.45) is 0 Å². The molecule has 0 spiro atoms. The molecule has 5 aromatic rings. The van der Waals surface area contributed by atoms with Crippen molar-refractivity contribution in [2.75, 3.05) is 11.5 Å². The average Bonchev–Trinajstić information content (AvgIpc) is 3.33. The van der Waals surface area contributed by atoms with E-state index in [9.17, 15) is 0 Å². The van der Waals surface area contributed by atoms with Crippen molar-refractivity contribution in [3.05, 3.63) is 59.7 Å². The third-order valence-electron chi connectivity index (χ3n) is 4.96. The van der Waals surface area contributed by atoms with E-state index in [2.05, 4.69) is 0 Å². The van der Waals surface area contributed by atoms with Crippen LogP contribution in [0, 0.1) is 13.8 Å². The zero-order valence-electron chi connectivity index (χ0n) is 15.5. The monoisotopic (exact) mass is 370 g/mol. The fourth-order valence-electron chi connectivity index (χ4n) is 3.37. The second kappa shape index (κ2) is 5.85. The largest absolute Gasteiger partial charge is 0.436 e. The highest BCUT2D eigenvalue weighted by molar-refractivity contribution is 5.98. The zero-order chi connectivity index (χ0) is 19.4. The number of nitrogens with zero attached hydrogens (tertiary/aromatic N) is 2. The van der Waals surface area contributed by atoms with Gasteiger partial charge in [-0.2, -0.15) is 0 Å². The first-order valence-electron chi connectivity index (χ1n) is 8.93. The van der Waals surface area contributed by atoms with Crippen LogP contribution in [-0.4, -0.2) is 9.97 Å². The fraction of sp³-hybridized carbons (Fsp3) is 0.0909. The first-order valence-corrected chi connectivity index (χ1v) is 8.93. The smallest absolute Gasteiger partial charge is 0.227 e. The summed E-state index contributed by atoms with van der Waals surface area (Å²) in [4.78, 5) is 9.41. The number of aryl methyl sites for hydroxylation is 2. The van der Waals surface area contributed by atoms with E-state index in [1.807, 2.05) is 62.4 Å². The maximum Gasteiger partial charge on any atom is 0.227 e. The molecule has 5 rings (SSSR count). The Morgan fingerprint density at radius 3 is 1.32 bits per heavy atom. The Labute approximate surface area is 160 Å². The van der Waals surface area contributed by atoms with Crippen molar-refractivity contribution in [3.8, 4) is 22.9 Å². The van der Waals surface area contributed by atoms with Crippen LogP contribution < -0.4 is 11.5 Å². The summed E-state index contributed by atoms with van der Waals surface area (Å²) in [5.41, 5.74) is 19.5. The van der Waals surface area contributed by atoms with Gasteiger partial charge in [-0.25, -0.2) is 9.97 Å². The molecule has 0 bridgehead atoms. The molecule has 0 atom stereocenters. The fourth-order valence-corrected chi connectivity index (χ4v) is 3.37. The van der Waals surface area contributed by atoms with E-state index < -0.39 is 0 Å². The summed E-state index contributed by atoms with van der Waals surface area (Å²) in [6.07, 6.45) is 0. The summed E-state index contributed by atoms with van der Waals surface area (Å²) in [6.45, 7) is 3.94. The summed E-state index contributed by atoms with van der Waals surface area (Å²) in [5, 5.41) is 0. The third kappa shape index (κ3) is 2.42. The molecule has 2 heterocycles. The maximum absolute atomic E-state index is 6.09. The topological polar surface area (TPSA) is 104 Å². The molecule has 0 aliphatic carbocycles. The van der Waals surface area contributed by atoms with Gasteiger partial charge in [0, 0.05) is 33.6 Å². The molecular formula is C22H18N4O2. The number of benzene rings is 3. The Hall–Kier alpha value is -3.80. The van der Waals surface area contributed by atoms with Crippen LogP contribution in [0.2, 0.25) is 0 Å². The van der Waals surface area contributed by atoms with Crippen molar-refractivity contribution < 1.29 is 8.83 Å². The minimum Gasteiger partial charge on any atom is -0.436 e. The van der Waals surface area contributed by atoms with Crippen molar-refractivity contribution in [1.82, 2.24) is 9.97 Å². The van der Waals surface area contributed by atoms with Gasteiger partial charge in [0.05, 0.1) is 0 Å². The summed E-state index contributed by atoms with van der Waals surface area (Å²) >= 11 is 0. The van der Waals surface area contributed by atoms with Gasteiger partial charge < -0.3 is 20.3 Å². The molecule has 0 radical (unpaired) electrons. The second-order valence-electron chi connectivity index (χ2n) is 6.89. The number of rotatable bonds is 2. The summed E-state index contributed by atoms with van der Waals surface area (Å²) in [6, 6.07) is 14.9. The Morgan fingerprint density at radius 1 is 0.607 bits per heavy atom. The van der Waals surface area contributed by atoms with E-state index in [1.165, 1.54) is 0 Å². The second-order valence-corrected chi connectivity index (χ2v) is 6.89. The predicted molar refractivity (Wildman–Crippen MR) is 111 cm³/mol. The van der Waals surface area contributed by atoms with Gasteiger partial charge in [0.1, 0.15) is 11.0 Å². The molecule has 0 fully saturated rings. The lowest BCUT2D eigenvalue weighted by atomic mass is 10.1. The molecule has 0 saturated carbocycles. The number of nitrogen functional groups attached to an aromatic ring is 2. The van der Waals surface area contributed by atoms with Crippen LogP contribution in [-0.2, 0) is 0 Å². The minimum absolute atomic E-state index is 0.549. The molecular weight excluding hydrogens is 352 g/mol. The Balaban J connectivity index is 1.71. The lowest BCUT2D eigenvalue weighted by molar-refractivity contribution is 0.615. The number of aromatic nitrogens is 2. The molecule has 4 N–H and O–H groups in total. The van der Waals surface area contributed by atoms with Gasteiger partial charge in [0.15, 0.2) is 11.2 Å². The highest BCUT2D eigenvalue weighted by Gasteiger charge is 2.21. The molecule has 0 amide bonds. The van der Waals surface area contributed by atoms with E-state index in [1.54, 1.807) is 0 Å². The number of nitrogens with two attached hydrogens (primary N) is 2. The SMILES string of the molecule is Cc1c2nc(-c3ccc(N)cc3)oc2c(C)c2nc(-c3ccc(N)cc3)oc12. The van der Waals surface area contributed by atoms with Crippen molar-refractivity contribution >= 4 is 33.6 Å². The van der Waals surface area contributed by atoms with Gasteiger partial charge >= 0.3 is 0 Å². The van der Waals surface area contributed by atoms with Gasteiger partial charge in [0.2, 0.25) is 11.8 Å². The van der Waals surface area contributed by atoms with Crippen molar-refractivity contribution in [1.29, 1.82) is 0 Å². The lowest BCUT2D eigenvalue weighted by Gasteiger charge is -1.98. The highest BCUT2D eigenvalue weighted by atomic mass is 16.4. The summed E-state index contributed by atoms with van der Waals surface area (Å²) < 4.78 is 12.2. The quantitative estimate of drug-likeness (QED) is 0.420. The number of oxazole rings is 2. The maximum atomic E-state index is 6.09. The highest BCUT2D eigenvalue weighted by Crippen LogP contribution is 2.36. The first kappa shape index (κ1) is 16.4. The van der Waals surface area contributed by atoms with E-state index in [0.29, 0.717) is 34.3 Å². The summed E-state index contributed by atoms with van der Waals surface area (Å²) in [5.74, 6) is 1.10. The molecule has 2 aromatic heterocycles. The number of anilines is 2. The predicted octanol–water partition coefficient (Wildman–Crippen LogP) is 5.08. The average molecular weight is 370 g/mol.